The Morgan fingerprint density at radius 1 is 0.786 bits per heavy atom. The van der Waals surface area contributed by atoms with Gasteiger partial charge in [-0.15, -0.1) is 9.05 Å². The number of allylic oxidation sites excluding steroid dienone is 4. The first kappa shape index (κ1) is 9.53. The van der Waals surface area contributed by atoms with E-state index in [-0.39, 0.29) is 12.2 Å². The van der Waals surface area contributed by atoms with Gasteiger partial charge in [0.25, 0.3) is 0 Å². The molecule has 0 aromatic carbocycles. The largest absolute Gasteiger partial charge is 0.699 e. The van der Waals surface area contributed by atoms with Crippen molar-refractivity contribution in [2.75, 3.05) is 0 Å². The molecule has 3 nitrogen and oxygen atoms in total. The summed E-state index contributed by atoms with van der Waals surface area (Å²) in [6.45, 7) is 0. The van der Waals surface area contributed by atoms with Crippen LogP contribution in [0.25, 0.3) is 0 Å². The Morgan fingerprint density at radius 3 is 1.50 bits per heavy atom. The molecule has 0 radical (unpaired) electrons. The molecule has 4 heteroatoms. The Bertz CT molecular complexity index is 285. The van der Waals surface area contributed by atoms with E-state index in [4.69, 9.17) is 9.05 Å². The molecule has 2 aliphatic rings. The van der Waals surface area contributed by atoms with Crippen LogP contribution in [0.4, 0.5) is 0 Å². The maximum atomic E-state index is 11.3. The predicted octanol–water partition coefficient (Wildman–Crippen LogP) is 2.67. The molecular weight excluding hydrogens is 199 g/mol. The molecule has 0 spiro atoms. The molecule has 0 aliphatic heterocycles. The second kappa shape index (κ2) is 4.47. The van der Waals surface area contributed by atoms with Crippen LogP contribution in [0.5, 0.6) is 0 Å². The zero-order valence-corrected chi connectivity index (χ0v) is 8.34. The van der Waals surface area contributed by atoms with E-state index < -0.39 is 8.25 Å². The van der Waals surface area contributed by atoms with E-state index in [9.17, 15) is 4.57 Å². The Balaban J connectivity index is 1.78. The summed E-state index contributed by atoms with van der Waals surface area (Å²) in [5, 5.41) is 0. The van der Waals surface area contributed by atoms with Crippen molar-refractivity contribution >= 4 is 8.25 Å². The first-order valence-electron chi connectivity index (χ1n) is 4.35. The van der Waals surface area contributed by atoms with E-state index in [0.29, 0.717) is 0 Å². The van der Waals surface area contributed by atoms with E-state index in [1.165, 1.54) is 0 Å². The second-order valence-electron chi connectivity index (χ2n) is 2.90. The highest BCUT2D eigenvalue weighted by Crippen LogP contribution is 2.31. The smallest absolute Gasteiger partial charge is 0.107 e. The fourth-order valence-electron chi connectivity index (χ4n) is 1.19. The minimum Gasteiger partial charge on any atom is -0.107 e. The van der Waals surface area contributed by atoms with Crippen molar-refractivity contribution in [3.63, 3.8) is 0 Å². The van der Waals surface area contributed by atoms with Gasteiger partial charge in [0.1, 0.15) is 0 Å². The lowest BCUT2D eigenvalue weighted by atomic mass is 10.4. The monoisotopic (exact) mass is 209 g/mol. The van der Waals surface area contributed by atoms with Crippen LogP contribution >= 0.6 is 8.25 Å². The van der Waals surface area contributed by atoms with Gasteiger partial charge in [0.05, 0.1) is 0 Å². The molecule has 0 unspecified atom stereocenters. The van der Waals surface area contributed by atoms with Gasteiger partial charge in [0.15, 0.2) is 12.2 Å². The maximum absolute atomic E-state index is 11.3. The highest BCUT2D eigenvalue weighted by Gasteiger charge is 2.28. The standard InChI is InChI=1S/C10H10O3P/c11-14(12-9-5-1-2-6-9)13-10-7-3-4-8-10/h1-10H/q+1. The molecule has 2 rings (SSSR count). The first-order valence-corrected chi connectivity index (χ1v) is 5.45. The van der Waals surface area contributed by atoms with E-state index >= 15 is 0 Å². The van der Waals surface area contributed by atoms with Crippen molar-refractivity contribution in [3.05, 3.63) is 48.6 Å². The van der Waals surface area contributed by atoms with Gasteiger partial charge in [0.2, 0.25) is 0 Å². The minimum absolute atomic E-state index is 0.215. The molecule has 0 saturated heterocycles. The Hall–Kier alpha value is -1.02. The Morgan fingerprint density at radius 2 is 1.14 bits per heavy atom. The van der Waals surface area contributed by atoms with Crippen molar-refractivity contribution in [2.45, 2.75) is 12.2 Å². The van der Waals surface area contributed by atoms with Gasteiger partial charge in [-0.05, 0) is 24.3 Å². The SMILES string of the molecule is O=[P+](OC1C=CC=C1)OC1C=CC=C1. The molecule has 0 fully saturated rings. The lowest BCUT2D eigenvalue weighted by Gasteiger charge is -1.96. The topological polar surface area (TPSA) is 35.5 Å². The molecule has 0 N–H and O–H groups in total. The average molecular weight is 209 g/mol. The third-order valence-electron chi connectivity index (χ3n) is 1.84. The fraction of sp³-hybridized carbons (Fsp3) is 0.200. The number of hydrogen-bond acceptors (Lipinski definition) is 3. The van der Waals surface area contributed by atoms with Crippen LogP contribution in [0, 0.1) is 0 Å². The Labute approximate surface area is 83.4 Å². The average Bonchev–Trinajstić information content (AvgIpc) is 2.76. The second-order valence-corrected chi connectivity index (χ2v) is 3.77. The molecule has 0 aromatic rings. The quantitative estimate of drug-likeness (QED) is 0.667. The lowest BCUT2D eigenvalue weighted by Crippen LogP contribution is -2.03. The highest BCUT2D eigenvalue weighted by molar-refractivity contribution is 7.33. The molecular formula is C10H10O3P+. The molecule has 0 heterocycles. The van der Waals surface area contributed by atoms with Crippen LogP contribution in [0.1, 0.15) is 0 Å². The molecule has 0 saturated carbocycles. The molecule has 14 heavy (non-hydrogen) atoms. The minimum atomic E-state index is -2.06. The summed E-state index contributed by atoms with van der Waals surface area (Å²) in [5.41, 5.74) is 0. The van der Waals surface area contributed by atoms with Gasteiger partial charge >= 0.3 is 8.25 Å². The van der Waals surface area contributed by atoms with Gasteiger partial charge in [-0.3, -0.25) is 0 Å². The van der Waals surface area contributed by atoms with Crippen LogP contribution in [0.15, 0.2) is 48.6 Å². The van der Waals surface area contributed by atoms with Crippen molar-refractivity contribution in [2.24, 2.45) is 0 Å². The summed E-state index contributed by atoms with van der Waals surface area (Å²) >= 11 is 0. The zero-order valence-electron chi connectivity index (χ0n) is 7.45. The maximum Gasteiger partial charge on any atom is 0.699 e. The summed E-state index contributed by atoms with van der Waals surface area (Å²) < 4.78 is 21.6. The Kier molecular flexibility index (Phi) is 3.04. The van der Waals surface area contributed by atoms with Crippen LogP contribution in [-0.2, 0) is 13.6 Å². The van der Waals surface area contributed by atoms with Crippen LogP contribution < -0.4 is 0 Å². The lowest BCUT2D eigenvalue weighted by molar-refractivity contribution is 0.207. The number of rotatable bonds is 4. The summed E-state index contributed by atoms with van der Waals surface area (Å²) in [6.07, 6.45) is 14.2. The van der Waals surface area contributed by atoms with Gasteiger partial charge in [-0.1, -0.05) is 24.3 Å². The third-order valence-corrected chi connectivity index (χ3v) is 2.67. The highest BCUT2D eigenvalue weighted by atomic mass is 31.1. The van der Waals surface area contributed by atoms with Crippen LogP contribution in [0.2, 0.25) is 0 Å². The molecule has 0 bridgehead atoms. The van der Waals surface area contributed by atoms with Crippen molar-refractivity contribution in [1.29, 1.82) is 0 Å². The summed E-state index contributed by atoms with van der Waals surface area (Å²) in [4.78, 5) is 0. The van der Waals surface area contributed by atoms with Gasteiger partial charge in [-0.2, -0.15) is 0 Å². The van der Waals surface area contributed by atoms with E-state index in [2.05, 4.69) is 0 Å². The molecule has 72 valence electrons. The predicted molar refractivity (Wildman–Crippen MR) is 53.9 cm³/mol. The van der Waals surface area contributed by atoms with Crippen LogP contribution in [-0.4, -0.2) is 12.2 Å². The van der Waals surface area contributed by atoms with Crippen molar-refractivity contribution in [1.82, 2.24) is 0 Å². The summed E-state index contributed by atoms with van der Waals surface area (Å²) in [5.74, 6) is 0. The molecule has 0 aromatic heterocycles. The summed E-state index contributed by atoms with van der Waals surface area (Å²) in [6, 6.07) is 0. The van der Waals surface area contributed by atoms with Gasteiger partial charge in [0, 0.05) is 4.57 Å². The third kappa shape index (κ3) is 2.48. The normalized spacial score (nSPS) is 20.0. The fourth-order valence-corrected chi connectivity index (χ4v) is 1.92. The van der Waals surface area contributed by atoms with E-state index in [1.807, 2.05) is 48.6 Å². The molecule has 2 aliphatic carbocycles. The van der Waals surface area contributed by atoms with E-state index in [1.54, 1.807) is 0 Å². The summed E-state index contributed by atoms with van der Waals surface area (Å²) in [7, 11) is -2.06. The first-order chi connectivity index (χ1) is 6.84. The zero-order chi connectivity index (χ0) is 9.80. The van der Waals surface area contributed by atoms with Gasteiger partial charge < -0.3 is 0 Å². The van der Waals surface area contributed by atoms with Gasteiger partial charge in [-0.25, -0.2) is 0 Å². The molecule has 0 amide bonds. The van der Waals surface area contributed by atoms with E-state index in [0.717, 1.165) is 0 Å². The van der Waals surface area contributed by atoms with Crippen molar-refractivity contribution < 1.29 is 13.6 Å². The van der Waals surface area contributed by atoms with Crippen molar-refractivity contribution in [3.8, 4) is 0 Å². The molecule has 0 atom stereocenters. The number of hydrogen-bond donors (Lipinski definition) is 0. The van der Waals surface area contributed by atoms with Crippen LogP contribution in [0.3, 0.4) is 0 Å².